The highest BCUT2D eigenvalue weighted by Crippen LogP contribution is 2.23. The van der Waals surface area contributed by atoms with Crippen molar-refractivity contribution in [1.29, 1.82) is 0 Å². The Kier molecular flexibility index (Phi) is 5.22. The van der Waals surface area contributed by atoms with Crippen LogP contribution < -0.4 is 4.74 Å². The van der Waals surface area contributed by atoms with Crippen LogP contribution in [0.1, 0.15) is 30.6 Å². The molecule has 0 bridgehead atoms. The number of aliphatic hydroxyl groups is 1. The zero-order chi connectivity index (χ0) is 15.2. The van der Waals surface area contributed by atoms with Gasteiger partial charge in [-0.25, -0.2) is 8.78 Å². The van der Waals surface area contributed by atoms with Gasteiger partial charge in [-0.1, -0.05) is 13.0 Å². The van der Waals surface area contributed by atoms with E-state index in [1.54, 1.807) is 12.3 Å². The fraction of sp³-hybridized carbons (Fsp3) is 0.312. The minimum atomic E-state index is -0.928. The summed E-state index contributed by atoms with van der Waals surface area (Å²) in [6.07, 6.45) is 3.05. The molecule has 0 spiro atoms. The van der Waals surface area contributed by atoms with Gasteiger partial charge in [0.15, 0.2) is 0 Å². The number of ether oxygens (including phenoxy) is 1. The van der Waals surface area contributed by atoms with E-state index in [9.17, 15) is 13.9 Å². The van der Waals surface area contributed by atoms with Crippen LogP contribution >= 0.6 is 0 Å². The number of hydrogen-bond donors (Lipinski definition) is 1. The molecule has 3 nitrogen and oxygen atoms in total. The maximum absolute atomic E-state index is 13.6. The SMILES string of the molecule is CCCOc1cncc(C(O)Cc2ccc(F)cc2F)c1. The molecule has 0 aliphatic rings. The van der Waals surface area contributed by atoms with Crippen LogP contribution in [-0.2, 0) is 6.42 Å². The molecule has 0 aliphatic carbocycles. The van der Waals surface area contributed by atoms with Gasteiger partial charge in [0.05, 0.1) is 18.9 Å². The Hall–Kier alpha value is -2.01. The molecule has 0 aliphatic heterocycles. The Morgan fingerprint density at radius 1 is 1.24 bits per heavy atom. The number of pyridine rings is 1. The Morgan fingerprint density at radius 2 is 2.05 bits per heavy atom. The second-order valence-corrected chi connectivity index (χ2v) is 4.76. The summed E-state index contributed by atoms with van der Waals surface area (Å²) >= 11 is 0. The average Bonchev–Trinajstić information content (AvgIpc) is 2.48. The highest BCUT2D eigenvalue weighted by Gasteiger charge is 2.13. The maximum atomic E-state index is 13.6. The average molecular weight is 293 g/mol. The summed E-state index contributed by atoms with van der Waals surface area (Å²) in [6, 6.07) is 4.98. The van der Waals surface area contributed by atoms with Crippen LogP contribution in [0.4, 0.5) is 8.78 Å². The van der Waals surface area contributed by atoms with Gasteiger partial charge >= 0.3 is 0 Å². The highest BCUT2D eigenvalue weighted by atomic mass is 19.1. The summed E-state index contributed by atoms with van der Waals surface area (Å²) in [6.45, 7) is 2.55. The molecule has 5 heteroatoms. The van der Waals surface area contributed by atoms with Crippen LogP contribution in [-0.4, -0.2) is 16.7 Å². The summed E-state index contributed by atoms with van der Waals surface area (Å²) in [7, 11) is 0. The molecule has 0 saturated carbocycles. The van der Waals surface area contributed by atoms with Gasteiger partial charge in [0, 0.05) is 24.2 Å². The Morgan fingerprint density at radius 3 is 2.76 bits per heavy atom. The predicted molar refractivity (Wildman–Crippen MR) is 75.0 cm³/mol. The number of benzene rings is 1. The predicted octanol–water partition coefficient (Wildman–Crippen LogP) is 3.42. The van der Waals surface area contributed by atoms with Crippen LogP contribution in [0.5, 0.6) is 5.75 Å². The normalized spacial score (nSPS) is 12.2. The van der Waals surface area contributed by atoms with E-state index < -0.39 is 17.7 Å². The van der Waals surface area contributed by atoms with Gasteiger partial charge < -0.3 is 9.84 Å². The smallest absolute Gasteiger partial charge is 0.137 e. The zero-order valence-electron chi connectivity index (χ0n) is 11.7. The van der Waals surface area contributed by atoms with E-state index in [2.05, 4.69) is 4.98 Å². The molecule has 2 aromatic rings. The topological polar surface area (TPSA) is 42.4 Å². The van der Waals surface area contributed by atoms with Gasteiger partial charge in [-0.2, -0.15) is 0 Å². The van der Waals surface area contributed by atoms with E-state index in [1.165, 1.54) is 18.3 Å². The third kappa shape index (κ3) is 4.23. The van der Waals surface area contributed by atoms with Crippen molar-refractivity contribution >= 4 is 0 Å². The number of aliphatic hydroxyl groups excluding tert-OH is 1. The first kappa shape index (κ1) is 15.4. The standard InChI is InChI=1S/C16H17F2NO2/c1-2-5-21-14-6-12(9-19-10-14)16(20)7-11-3-4-13(17)8-15(11)18/h3-4,6,8-10,16,20H,2,5,7H2,1H3. The van der Waals surface area contributed by atoms with E-state index in [0.717, 1.165) is 12.5 Å². The van der Waals surface area contributed by atoms with Gasteiger partial charge in [0.1, 0.15) is 17.4 Å². The van der Waals surface area contributed by atoms with Crippen LogP contribution in [0, 0.1) is 11.6 Å². The third-order valence-corrected chi connectivity index (χ3v) is 3.02. The van der Waals surface area contributed by atoms with Crippen molar-refractivity contribution in [3.8, 4) is 5.75 Å². The van der Waals surface area contributed by atoms with E-state index in [-0.39, 0.29) is 12.0 Å². The molecule has 1 heterocycles. The number of hydrogen-bond acceptors (Lipinski definition) is 3. The van der Waals surface area contributed by atoms with E-state index >= 15 is 0 Å². The molecule has 112 valence electrons. The lowest BCUT2D eigenvalue weighted by Gasteiger charge is -2.13. The second kappa shape index (κ2) is 7.13. The molecular weight excluding hydrogens is 276 g/mol. The van der Waals surface area contributed by atoms with Crippen LogP contribution in [0.25, 0.3) is 0 Å². The fourth-order valence-electron chi connectivity index (χ4n) is 1.93. The molecule has 0 fully saturated rings. The third-order valence-electron chi connectivity index (χ3n) is 3.02. The molecule has 1 unspecified atom stereocenters. The lowest BCUT2D eigenvalue weighted by Crippen LogP contribution is -2.05. The highest BCUT2D eigenvalue weighted by molar-refractivity contribution is 5.27. The minimum Gasteiger partial charge on any atom is -0.492 e. The molecule has 1 aromatic carbocycles. The number of nitrogens with zero attached hydrogens (tertiary/aromatic N) is 1. The maximum Gasteiger partial charge on any atom is 0.137 e. The quantitative estimate of drug-likeness (QED) is 0.887. The van der Waals surface area contributed by atoms with Crippen molar-refractivity contribution in [3.63, 3.8) is 0 Å². The van der Waals surface area contributed by atoms with Crippen molar-refractivity contribution in [2.24, 2.45) is 0 Å². The van der Waals surface area contributed by atoms with Crippen molar-refractivity contribution < 1.29 is 18.6 Å². The molecule has 2 rings (SSSR count). The van der Waals surface area contributed by atoms with Crippen LogP contribution in [0.3, 0.4) is 0 Å². The van der Waals surface area contributed by atoms with Crippen molar-refractivity contribution in [1.82, 2.24) is 4.98 Å². The second-order valence-electron chi connectivity index (χ2n) is 4.76. The number of halogens is 2. The van der Waals surface area contributed by atoms with Gasteiger partial charge in [0.25, 0.3) is 0 Å². The Labute approximate surface area is 122 Å². The molecule has 0 saturated heterocycles. The summed E-state index contributed by atoms with van der Waals surface area (Å²) in [5.74, 6) is -0.740. The van der Waals surface area contributed by atoms with Gasteiger partial charge in [-0.15, -0.1) is 0 Å². The van der Waals surface area contributed by atoms with Gasteiger partial charge in [0.2, 0.25) is 0 Å². The molecule has 0 amide bonds. The lowest BCUT2D eigenvalue weighted by atomic mass is 10.0. The van der Waals surface area contributed by atoms with Gasteiger partial charge in [-0.05, 0) is 24.1 Å². The number of aromatic nitrogens is 1. The zero-order valence-corrected chi connectivity index (χ0v) is 11.7. The lowest BCUT2D eigenvalue weighted by molar-refractivity contribution is 0.176. The van der Waals surface area contributed by atoms with Crippen molar-refractivity contribution in [3.05, 3.63) is 59.4 Å². The van der Waals surface area contributed by atoms with Crippen LogP contribution in [0.15, 0.2) is 36.7 Å². The molecule has 1 N–H and O–H groups in total. The largest absolute Gasteiger partial charge is 0.492 e. The molecular formula is C16H17F2NO2. The van der Waals surface area contributed by atoms with Gasteiger partial charge in [-0.3, -0.25) is 4.98 Å². The van der Waals surface area contributed by atoms with Crippen molar-refractivity contribution in [2.75, 3.05) is 6.61 Å². The summed E-state index contributed by atoms with van der Waals surface area (Å²) in [4.78, 5) is 4.00. The van der Waals surface area contributed by atoms with E-state index in [4.69, 9.17) is 4.74 Å². The summed E-state index contributed by atoms with van der Waals surface area (Å²) in [5.41, 5.74) is 0.788. The molecule has 0 radical (unpaired) electrons. The first-order valence-corrected chi connectivity index (χ1v) is 6.80. The first-order valence-electron chi connectivity index (χ1n) is 6.80. The number of rotatable bonds is 6. The van der Waals surface area contributed by atoms with Crippen molar-refractivity contribution in [2.45, 2.75) is 25.9 Å². The minimum absolute atomic E-state index is 0.0467. The summed E-state index contributed by atoms with van der Waals surface area (Å²) < 4.78 is 31.9. The fourth-order valence-corrected chi connectivity index (χ4v) is 1.93. The summed E-state index contributed by atoms with van der Waals surface area (Å²) in [5, 5.41) is 10.2. The monoisotopic (exact) mass is 293 g/mol. The van der Waals surface area contributed by atoms with Crippen LogP contribution in [0.2, 0.25) is 0 Å². The molecule has 1 atom stereocenters. The first-order chi connectivity index (χ1) is 10.1. The Balaban J connectivity index is 2.10. The molecule has 21 heavy (non-hydrogen) atoms. The van der Waals surface area contributed by atoms with E-state index in [1.807, 2.05) is 6.92 Å². The van der Waals surface area contributed by atoms with E-state index in [0.29, 0.717) is 17.9 Å². The Bertz CT molecular complexity index is 605. The molecule has 1 aromatic heterocycles.